The van der Waals surface area contributed by atoms with Crippen molar-refractivity contribution in [3.63, 3.8) is 0 Å². The van der Waals surface area contributed by atoms with E-state index in [0.29, 0.717) is 37.4 Å². The predicted octanol–water partition coefficient (Wildman–Crippen LogP) is 2.41. The summed E-state index contributed by atoms with van der Waals surface area (Å²) in [6.45, 7) is 7.26. The molecule has 0 aliphatic carbocycles. The highest BCUT2D eigenvalue weighted by Gasteiger charge is 2.29. The van der Waals surface area contributed by atoms with Gasteiger partial charge in [-0.15, -0.1) is 0 Å². The summed E-state index contributed by atoms with van der Waals surface area (Å²) in [5.74, 6) is 0.285. The molecule has 2 N–H and O–H groups in total. The molecule has 0 spiro atoms. The van der Waals surface area contributed by atoms with Gasteiger partial charge in [-0.25, -0.2) is 0 Å². The topological polar surface area (TPSA) is 69.6 Å². The Labute approximate surface area is 137 Å². The number of carbonyl (C=O) groups is 2. The Morgan fingerprint density at radius 1 is 1.17 bits per heavy atom. The average Bonchev–Trinajstić information content (AvgIpc) is 2.54. The Morgan fingerprint density at radius 3 is 2.35 bits per heavy atom. The zero-order chi connectivity index (χ0) is 17.0. The van der Waals surface area contributed by atoms with Gasteiger partial charge in [0.15, 0.2) is 0 Å². The molecule has 1 aromatic rings. The molecule has 1 saturated heterocycles. The van der Waals surface area contributed by atoms with Crippen molar-refractivity contribution >= 4 is 11.8 Å². The van der Waals surface area contributed by atoms with Gasteiger partial charge in [-0.3, -0.25) is 9.59 Å². The molecule has 2 amide bonds. The number of piperidine rings is 1. The Kier molecular flexibility index (Phi) is 5.64. The van der Waals surface area contributed by atoms with Crippen LogP contribution in [0.25, 0.3) is 0 Å². The Balaban J connectivity index is 1.90. The first-order chi connectivity index (χ1) is 10.9. The number of hydrogen-bond acceptors (Lipinski definition) is 3. The average molecular weight is 318 g/mol. The smallest absolute Gasteiger partial charge is 0.257 e. The number of nitrogens with one attached hydrogen (secondary N) is 1. The van der Waals surface area contributed by atoms with Crippen LogP contribution in [0.4, 0.5) is 0 Å². The lowest BCUT2D eigenvalue weighted by molar-refractivity contribution is -0.127. The lowest BCUT2D eigenvalue weighted by atomic mass is 9.94. The van der Waals surface area contributed by atoms with Crippen LogP contribution in [-0.4, -0.2) is 41.0 Å². The molecule has 1 atom stereocenters. The van der Waals surface area contributed by atoms with Crippen molar-refractivity contribution in [1.82, 2.24) is 10.2 Å². The summed E-state index contributed by atoms with van der Waals surface area (Å²) in [5.41, 5.74) is 0.323. The third kappa shape index (κ3) is 4.24. The molecule has 2 rings (SSSR count). The zero-order valence-corrected chi connectivity index (χ0v) is 14.1. The third-order valence-electron chi connectivity index (χ3n) is 4.66. The van der Waals surface area contributed by atoms with Gasteiger partial charge in [0.05, 0.1) is 5.56 Å². The van der Waals surface area contributed by atoms with E-state index in [4.69, 9.17) is 0 Å². The first-order valence-corrected chi connectivity index (χ1v) is 8.27. The molecule has 5 nitrogen and oxygen atoms in total. The minimum atomic E-state index is -0.169. The molecule has 126 valence electrons. The van der Waals surface area contributed by atoms with Crippen LogP contribution in [0.2, 0.25) is 0 Å². The maximum absolute atomic E-state index is 12.4. The minimum Gasteiger partial charge on any atom is -0.507 e. The monoisotopic (exact) mass is 318 g/mol. The summed E-state index contributed by atoms with van der Waals surface area (Å²) in [6, 6.07) is 6.73. The second-order valence-corrected chi connectivity index (χ2v) is 6.62. The van der Waals surface area contributed by atoms with Gasteiger partial charge < -0.3 is 15.3 Å². The normalized spacial score (nSPS) is 17.1. The molecule has 1 aromatic carbocycles. The number of rotatable bonds is 4. The second-order valence-electron chi connectivity index (χ2n) is 6.62. The predicted molar refractivity (Wildman–Crippen MR) is 89.2 cm³/mol. The van der Waals surface area contributed by atoms with E-state index in [9.17, 15) is 14.7 Å². The lowest BCUT2D eigenvalue weighted by Crippen LogP contribution is -2.45. The van der Waals surface area contributed by atoms with Crippen LogP contribution in [0.3, 0.4) is 0 Å². The third-order valence-corrected chi connectivity index (χ3v) is 4.66. The SMILES string of the molecule is CC(C)[C@H](C)NC(=O)C1CCN(C(=O)c2ccccc2O)CC1. The first kappa shape index (κ1) is 17.3. The fourth-order valence-corrected chi connectivity index (χ4v) is 2.68. The van der Waals surface area contributed by atoms with Crippen LogP contribution < -0.4 is 5.32 Å². The fraction of sp³-hybridized carbons (Fsp3) is 0.556. The quantitative estimate of drug-likeness (QED) is 0.895. The minimum absolute atomic E-state index is 0.00289. The molecule has 1 heterocycles. The van der Waals surface area contributed by atoms with Crippen LogP contribution in [0.1, 0.15) is 44.0 Å². The number of amides is 2. The second kappa shape index (κ2) is 7.49. The number of aromatic hydroxyl groups is 1. The van der Waals surface area contributed by atoms with Crippen molar-refractivity contribution in [3.8, 4) is 5.75 Å². The maximum Gasteiger partial charge on any atom is 0.257 e. The van der Waals surface area contributed by atoms with Crippen LogP contribution in [-0.2, 0) is 4.79 Å². The molecular weight excluding hydrogens is 292 g/mol. The summed E-state index contributed by atoms with van der Waals surface area (Å²) in [6.07, 6.45) is 1.33. The molecule has 1 aliphatic rings. The van der Waals surface area contributed by atoms with E-state index in [2.05, 4.69) is 19.2 Å². The number of phenols is 1. The maximum atomic E-state index is 12.4. The van der Waals surface area contributed by atoms with E-state index < -0.39 is 0 Å². The van der Waals surface area contributed by atoms with Crippen LogP contribution >= 0.6 is 0 Å². The summed E-state index contributed by atoms with van der Waals surface area (Å²) in [7, 11) is 0. The molecule has 0 aromatic heterocycles. The highest BCUT2D eigenvalue weighted by Crippen LogP contribution is 2.23. The summed E-state index contributed by atoms with van der Waals surface area (Å²) < 4.78 is 0. The molecule has 23 heavy (non-hydrogen) atoms. The number of likely N-dealkylation sites (tertiary alicyclic amines) is 1. The molecule has 0 unspecified atom stereocenters. The van der Waals surface area contributed by atoms with Crippen molar-refractivity contribution in [2.75, 3.05) is 13.1 Å². The van der Waals surface area contributed by atoms with E-state index in [1.165, 1.54) is 6.07 Å². The number of nitrogens with zero attached hydrogens (tertiary/aromatic N) is 1. The van der Waals surface area contributed by atoms with E-state index in [1.807, 2.05) is 6.92 Å². The largest absolute Gasteiger partial charge is 0.507 e. The Hall–Kier alpha value is -2.04. The van der Waals surface area contributed by atoms with Crippen molar-refractivity contribution in [3.05, 3.63) is 29.8 Å². The molecular formula is C18H26N2O3. The van der Waals surface area contributed by atoms with Gasteiger partial charge in [0.2, 0.25) is 5.91 Å². The number of carbonyl (C=O) groups excluding carboxylic acids is 2. The zero-order valence-electron chi connectivity index (χ0n) is 14.1. The number of para-hydroxylation sites is 1. The molecule has 1 fully saturated rings. The van der Waals surface area contributed by atoms with Gasteiger partial charge in [-0.1, -0.05) is 26.0 Å². The molecule has 0 saturated carbocycles. The summed E-state index contributed by atoms with van der Waals surface area (Å²) >= 11 is 0. The van der Waals surface area contributed by atoms with E-state index >= 15 is 0 Å². The van der Waals surface area contributed by atoms with Gasteiger partial charge in [0, 0.05) is 25.0 Å². The number of phenolic OH excluding ortho intramolecular Hbond substituents is 1. The van der Waals surface area contributed by atoms with E-state index in [-0.39, 0.29) is 29.5 Å². The van der Waals surface area contributed by atoms with E-state index in [0.717, 1.165) is 0 Å². The van der Waals surface area contributed by atoms with Crippen LogP contribution in [0.5, 0.6) is 5.75 Å². The van der Waals surface area contributed by atoms with Crippen molar-refractivity contribution < 1.29 is 14.7 Å². The molecule has 5 heteroatoms. The van der Waals surface area contributed by atoms with Gasteiger partial charge in [0.25, 0.3) is 5.91 Å². The van der Waals surface area contributed by atoms with Crippen LogP contribution in [0, 0.1) is 11.8 Å². The number of hydrogen-bond donors (Lipinski definition) is 2. The van der Waals surface area contributed by atoms with Gasteiger partial charge >= 0.3 is 0 Å². The Morgan fingerprint density at radius 2 is 1.78 bits per heavy atom. The van der Waals surface area contributed by atoms with Gasteiger partial charge in [0.1, 0.15) is 5.75 Å². The number of benzene rings is 1. The molecule has 0 radical (unpaired) electrons. The van der Waals surface area contributed by atoms with E-state index in [1.54, 1.807) is 23.1 Å². The molecule has 0 bridgehead atoms. The Bertz CT molecular complexity index is 563. The summed E-state index contributed by atoms with van der Waals surface area (Å²) in [5, 5.41) is 12.8. The first-order valence-electron chi connectivity index (χ1n) is 8.27. The fourth-order valence-electron chi connectivity index (χ4n) is 2.68. The van der Waals surface area contributed by atoms with Crippen LogP contribution in [0.15, 0.2) is 24.3 Å². The highest BCUT2D eigenvalue weighted by molar-refractivity contribution is 5.97. The van der Waals surface area contributed by atoms with Gasteiger partial charge in [-0.05, 0) is 37.8 Å². The standard InChI is InChI=1S/C18H26N2O3/c1-12(2)13(3)19-17(22)14-8-10-20(11-9-14)18(23)15-6-4-5-7-16(15)21/h4-7,12-14,21H,8-11H2,1-3H3,(H,19,22)/t13-/m0/s1. The van der Waals surface area contributed by atoms with Crippen molar-refractivity contribution in [2.24, 2.45) is 11.8 Å². The van der Waals surface area contributed by atoms with Gasteiger partial charge in [-0.2, -0.15) is 0 Å². The lowest BCUT2D eigenvalue weighted by Gasteiger charge is -2.32. The van der Waals surface area contributed by atoms with Crippen molar-refractivity contribution in [2.45, 2.75) is 39.7 Å². The molecule has 1 aliphatic heterocycles. The van der Waals surface area contributed by atoms with Crippen molar-refractivity contribution in [1.29, 1.82) is 0 Å². The highest BCUT2D eigenvalue weighted by atomic mass is 16.3. The summed E-state index contributed by atoms with van der Waals surface area (Å²) in [4.78, 5) is 26.4.